The van der Waals surface area contributed by atoms with Gasteiger partial charge in [-0.05, 0) is 44.9 Å². The molecule has 4 heterocycles. The lowest BCUT2D eigenvalue weighted by Gasteiger charge is -2.28. The Morgan fingerprint density at radius 1 is 1.23 bits per heavy atom. The first-order valence-corrected chi connectivity index (χ1v) is 11.8. The summed E-state index contributed by atoms with van der Waals surface area (Å²) in [6.45, 7) is 9.35. The third-order valence-corrected chi connectivity index (χ3v) is 6.48. The van der Waals surface area contributed by atoms with Crippen molar-refractivity contribution in [2.24, 2.45) is 0 Å². The minimum atomic E-state index is -0.866. The molecule has 1 amide bonds. The molecule has 0 radical (unpaired) electrons. The number of aromatic nitrogens is 1. The first-order chi connectivity index (χ1) is 16.8. The quantitative estimate of drug-likeness (QED) is 0.253. The molecule has 1 atom stereocenters. The normalized spacial score (nSPS) is 20.5. The molecule has 0 saturated carbocycles. The number of esters is 1. The number of ether oxygens (including phenoxy) is 2. The number of aliphatic hydroxyl groups excluding tert-OH is 1. The fourth-order valence-electron chi connectivity index (χ4n) is 4.79. The topological polar surface area (TPSA) is 125 Å². The summed E-state index contributed by atoms with van der Waals surface area (Å²) >= 11 is 0. The number of aryl methyl sites for hydroxylation is 1. The van der Waals surface area contributed by atoms with Crippen LogP contribution >= 0.6 is 0 Å². The van der Waals surface area contributed by atoms with E-state index in [0.717, 1.165) is 19.6 Å². The maximum Gasteiger partial charge on any atom is 0.355 e. The van der Waals surface area contributed by atoms with Crippen LogP contribution in [0.1, 0.15) is 52.5 Å². The lowest BCUT2D eigenvalue weighted by molar-refractivity contribution is -0.140. The number of Topliss-reactive ketones (excluding diaryl/α,β-unsaturated/α-hetero) is 1. The van der Waals surface area contributed by atoms with Crippen molar-refractivity contribution in [3.8, 4) is 0 Å². The molecule has 10 heteroatoms. The third-order valence-electron chi connectivity index (χ3n) is 6.48. The fraction of sp³-hybridized carbons (Fsp3) is 0.480. The number of carbonyl (C=O) groups excluding carboxylic acids is 3. The number of morpholine rings is 1. The molecule has 0 aromatic carbocycles. The van der Waals surface area contributed by atoms with Crippen molar-refractivity contribution in [1.82, 2.24) is 14.8 Å². The van der Waals surface area contributed by atoms with E-state index in [0.29, 0.717) is 48.8 Å². The second-order valence-electron chi connectivity index (χ2n) is 8.66. The van der Waals surface area contributed by atoms with E-state index in [-0.39, 0.29) is 23.6 Å². The zero-order valence-electron chi connectivity index (χ0n) is 20.3. The maximum atomic E-state index is 13.2. The summed E-state index contributed by atoms with van der Waals surface area (Å²) in [4.78, 5) is 45.3. The molecule has 2 fully saturated rings. The Morgan fingerprint density at radius 3 is 2.63 bits per heavy atom. The van der Waals surface area contributed by atoms with Gasteiger partial charge in [0.15, 0.2) is 0 Å². The van der Waals surface area contributed by atoms with Crippen LogP contribution in [0, 0.1) is 13.8 Å². The molecule has 0 aliphatic carbocycles. The van der Waals surface area contributed by atoms with Crippen LogP contribution in [0.3, 0.4) is 0 Å². The van der Waals surface area contributed by atoms with E-state index in [2.05, 4.69) is 9.88 Å². The Bertz CT molecular complexity index is 1130. The molecule has 2 aliphatic heterocycles. The number of ketones is 1. The second kappa shape index (κ2) is 10.5. The van der Waals surface area contributed by atoms with Gasteiger partial charge in [-0.1, -0.05) is 0 Å². The Hall–Kier alpha value is -3.37. The highest BCUT2D eigenvalue weighted by molar-refractivity contribution is 6.46. The van der Waals surface area contributed by atoms with Crippen molar-refractivity contribution >= 4 is 23.4 Å². The molecule has 0 spiro atoms. The van der Waals surface area contributed by atoms with E-state index >= 15 is 0 Å². The van der Waals surface area contributed by atoms with Crippen molar-refractivity contribution < 1.29 is 33.4 Å². The summed E-state index contributed by atoms with van der Waals surface area (Å²) < 4.78 is 16.1. The van der Waals surface area contributed by atoms with E-state index in [1.165, 1.54) is 11.2 Å². The Morgan fingerprint density at radius 2 is 1.97 bits per heavy atom. The largest absolute Gasteiger partial charge is 0.507 e. The van der Waals surface area contributed by atoms with Crippen molar-refractivity contribution in [2.45, 2.75) is 33.2 Å². The minimum absolute atomic E-state index is 0.0584. The van der Waals surface area contributed by atoms with Crippen LogP contribution in [-0.4, -0.2) is 83.5 Å². The molecule has 188 valence electrons. The highest BCUT2D eigenvalue weighted by Crippen LogP contribution is 2.41. The van der Waals surface area contributed by atoms with Crippen LogP contribution in [0.15, 0.2) is 28.4 Å². The van der Waals surface area contributed by atoms with Crippen LogP contribution in [0.25, 0.3) is 5.76 Å². The molecule has 10 nitrogen and oxygen atoms in total. The van der Waals surface area contributed by atoms with Gasteiger partial charge in [0, 0.05) is 37.4 Å². The fourth-order valence-corrected chi connectivity index (χ4v) is 4.79. The zero-order valence-corrected chi connectivity index (χ0v) is 20.3. The summed E-state index contributed by atoms with van der Waals surface area (Å²) in [6, 6.07) is 2.49. The summed E-state index contributed by atoms with van der Waals surface area (Å²) in [6.07, 6.45) is 2.12. The number of furan rings is 1. The highest BCUT2D eigenvalue weighted by atomic mass is 16.5. The Kier molecular flexibility index (Phi) is 7.42. The van der Waals surface area contributed by atoms with Crippen molar-refractivity contribution in [3.05, 3.63) is 52.2 Å². The Labute approximate surface area is 203 Å². The molecule has 2 saturated heterocycles. The van der Waals surface area contributed by atoms with Crippen LogP contribution in [-0.2, 0) is 19.1 Å². The monoisotopic (exact) mass is 485 g/mol. The summed E-state index contributed by atoms with van der Waals surface area (Å²) in [5.41, 5.74) is 1.36. The molecule has 2 aromatic rings. The molecule has 1 unspecified atom stereocenters. The van der Waals surface area contributed by atoms with Crippen LogP contribution in [0.5, 0.6) is 0 Å². The van der Waals surface area contributed by atoms with Gasteiger partial charge in [0.05, 0.1) is 31.7 Å². The SMILES string of the molecule is CCOC(=O)c1[nH]c(C)c(C(O)=C2C(=O)C(=O)N(CCCN3CCOCC3)C2c2ccco2)c1C. The molecule has 2 aliphatic rings. The predicted molar refractivity (Wildman–Crippen MR) is 126 cm³/mol. The molecular formula is C25H31N3O7. The number of H-pyrrole nitrogens is 1. The van der Waals surface area contributed by atoms with Gasteiger partial charge in [0.25, 0.3) is 11.7 Å². The number of aliphatic hydroxyl groups is 1. The van der Waals surface area contributed by atoms with Crippen molar-refractivity contribution in [1.29, 1.82) is 0 Å². The summed E-state index contributed by atoms with van der Waals surface area (Å²) in [5, 5.41) is 11.4. The number of nitrogens with zero attached hydrogens (tertiary/aromatic N) is 2. The van der Waals surface area contributed by atoms with Gasteiger partial charge in [-0.25, -0.2) is 4.79 Å². The molecular weight excluding hydrogens is 454 g/mol. The summed E-state index contributed by atoms with van der Waals surface area (Å²) in [5.74, 6) is -1.99. The zero-order chi connectivity index (χ0) is 25.1. The van der Waals surface area contributed by atoms with E-state index in [9.17, 15) is 19.5 Å². The molecule has 2 N–H and O–H groups in total. The number of rotatable bonds is 8. The van der Waals surface area contributed by atoms with Crippen molar-refractivity contribution in [2.75, 3.05) is 46.0 Å². The molecule has 35 heavy (non-hydrogen) atoms. The number of likely N-dealkylation sites (tertiary alicyclic amines) is 1. The number of hydrogen-bond acceptors (Lipinski definition) is 8. The predicted octanol–water partition coefficient (Wildman–Crippen LogP) is 2.55. The second-order valence-corrected chi connectivity index (χ2v) is 8.66. The minimum Gasteiger partial charge on any atom is -0.507 e. The number of hydrogen-bond donors (Lipinski definition) is 2. The van der Waals surface area contributed by atoms with Crippen LogP contribution < -0.4 is 0 Å². The number of amides is 1. The van der Waals surface area contributed by atoms with Gasteiger partial charge in [0.2, 0.25) is 0 Å². The lowest BCUT2D eigenvalue weighted by atomic mass is 9.97. The van der Waals surface area contributed by atoms with Gasteiger partial charge in [0.1, 0.15) is 23.3 Å². The lowest BCUT2D eigenvalue weighted by Crippen LogP contribution is -2.38. The first kappa shape index (κ1) is 24.7. The smallest absolute Gasteiger partial charge is 0.355 e. The van der Waals surface area contributed by atoms with Gasteiger partial charge in [-0.3, -0.25) is 14.5 Å². The summed E-state index contributed by atoms with van der Waals surface area (Å²) in [7, 11) is 0. The third kappa shape index (κ3) is 4.76. The Balaban J connectivity index is 1.68. The van der Waals surface area contributed by atoms with E-state index in [4.69, 9.17) is 13.9 Å². The van der Waals surface area contributed by atoms with E-state index < -0.39 is 23.7 Å². The standard InChI is InChI=1S/C25H31N3O7/c1-4-34-25(32)20-15(2)18(16(3)26-20)22(29)19-21(17-7-5-12-35-17)28(24(31)23(19)30)9-6-8-27-10-13-33-14-11-27/h5,7,12,21,26,29H,4,6,8-11,13-14H2,1-3H3. The molecule has 2 aromatic heterocycles. The van der Waals surface area contributed by atoms with Gasteiger partial charge < -0.3 is 28.9 Å². The van der Waals surface area contributed by atoms with E-state index in [1.807, 2.05) is 0 Å². The van der Waals surface area contributed by atoms with Crippen LogP contribution in [0.4, 0.5) is 0 Å². The van der Waals surface area contributed by atoms with E-state index in [1.54, 1.807) is 32.9 Å². The number of nitrogens with one attached hydrogen (secondary N) is 1. The molecule has 0 bridgehead atoms. The number of carbonyl (C=O) groups is 3. The van der Waals surface area contributed by atoms with Crippen molar-refractivity contribution in [3.63, 3.8) is 0 Å². The average molecular weight is 486 g/mol. The van der Waals surface area contributed by atoms with Crippen LogP contribution in [0.2, 0.25) is 0 Å². The molecule has 4 rings (SSSR count). The van der Waals surface area contributed by atoms with Gasteiger partial charge in [-0.15, -0.1) is 0 Å². The highest BCUT2D eigenvalue weighted by Gasteiger charge is 2.47. The number of aromatic amines is 1. The first-order valence-electron chi connectivity index (χ1n) is 11.8. The average Bonchev–Trinajstić information content (AvgIpc) is 3.53. The van der Waals surface area contributed by atoms with Gasteiger partial charge >= 0.3 is 5.97 Å². The maximum absolute atomic E-state index is 13.2. The van der Waals surface area contributed by atoms with Gasteiger partial charge in [-0.2, -0.15) is 0 Å².